The predicted molar refractivity (Wildman–Crippen MR) is 60.0 cm³/mol. The average molecular weight is 264 g/mol. The van der Waals surface area contributed by atoms with Gasteiger partial charge < -0.3 is 15.2 Å². The Balaban J connectivity index is 2.49. The highest BCUT2D eigenvalue weighted by molar-refractivity contribution is 6.32. The topological polar surface area (TPSA) is 44.5 Å². The Morgan fingerprint density at radius 3 is 2.29 bits per heavy atom. The number of halogens is 3. The van der Waals surface area contributed by atoms with Crippen molar-refractivity contribution in [1.29, 1.82) is 0 Å². The van der Waals surface area contributed by atoms with E-state index in [0.717, 1.165) is 0 Å². The zero-order chi connectivity index (χ0) is 12.8. The molecule has 2 rings (SSSR count). The van der Waals surface area contributed by atoms with Gasteiger partial charge in [-0.25, -0.2) is 8.78 Å². The van der Waals surface area contributed by atoms with Crippen molar-refractivity contribution in [2.24, 2.45) is 5.73 Å². The first-order valence-corrected chi connectivity index (χ1v) is 5.32. The molecule has 1 saturated carbocycles. The highest BCUT2D eigenvalue weighted by atomic mass is 35.5. The molecule has 6 heteroatoms. The lowest BCUT2D eigenvalue weighted by molar-refractivity contribution is 0.0890. The van der Waals surface area contributed by atoms with Gasteiger partial charge in [-0.15, -0.1) is 0 Å². The van der Waals surface area contributed by atoms with Gasteiger partial charge in [-0.2, -0.15) is 0 Å². The summed E-state index contributed by atoms with van der Waals surface area (Å²) in [5.41, 5.74) is 4.24. The summed E-state index contributed by atoms with van der Waals surface area (Å²) in [5.74, 6) is -2.29. The Morgan fingerprint density at radius 2 is 1.88 bits per heavy atom. The maximum Gasteiger partial charge on any atom is 0.272 e. The van der Waals surface area contributed by atoms with E-state index in [0.29, 0.717) is 11.5 Å². The third-order valence-corrected chi connectivity index (χ3v) is 3.26. The minimum atomic E-state index is -2.89. The molecule has 0 aliphatic heterocycles. The Kier molecular flexibility index (Phi) is 2.71. The number of hydrogen-bond acceptors (Lipinski definition) is 3. The molecule has 1 aromatic rings. The molecule has 0 heterocycles. The smallest absolute Gasteiger partial charge is 0.272 e. The fraction of sp³-hybridized carbons (Fsp3) is 0.455. The number of hydrogen-bond donors (Lipinski definition) is 1. The Labute approximate surface area is 102 Å². The van der Waals surface area contributed by atoms with E-state index in [2.05, 4.69) is 0 Å². The Bertz CT molecular complexity index is 467. The van der Waals surface area contributed by atoms with Crippen LogP contribution < -0.4 is 15.2 Å². The van der Waals surface area contributed by atoms with Crippen LogP contribution in [0.1, 0.15) is 12.0 Å². The SMILES string of the molecule is COc1cc(C2(N)CC2(F)F)cc(Cl)c1OC. The third kappa shape index (κ3) is 1.73. The molecule has 0 aromatic heterocycles. The summed E-state index contributed by atoms with van der Waals surface area (Å²) in [7, 11) is 2.83. The Morgan fingerprint density at radius 1 is 1.29 bits per heavy atom. The molecular weight excluding hydrogens is 252 g/mol. The van der Waals surface area contributed by atoms with Crippen LogP contribution in [-0.2, 0) is 5.54 Å². The van der Waals surface area contributed by atoms with Gasteiger partial charge in [0.15, 0.2) is 11.5 Å². The second-order valence-corrected chi connectivity index (χ2v) is 4.45. The normalized spacial score (nSPS) is 25.5. The van der Waals surface area contributed by atoms with Crippen LogP contribution >= 0.6 is 11.6 Å². The predicted octanol–water partition coefficient (Wildman–Crippen LogP) is 2.55. The van der Waals surface area contributed by atoms with Crippen LogP contribution in [0.2, 0.25) is 5.02 Å². The van der Waals surface area contributed by atoms with Gasteiger partial charge in [0.05, 0.1) is 19.2 Å². The summed E-state index contributed by atoms with van der Waals surface area (Å²) in [6.45, 7) is 0. The van der Waals surface area contributed by atoms with E-state index >= 15 is 0 Å². The van der Waals surface area contributed by atoms with E-state index < -0.39 is 11.5 Å². The minimum Gasteiger partial charge on any atom is -0.493 e. The van der Waals surface area contributed by atoms with E-state index in [1.54, 1.807) is 0 Å². The molecule has 2 N–H and O–H groups in total. The van der Waals surface area contributed by atoms with E-state index in [9.17, 15) is 8.78 Å². The lowest BCUT2D eigenvalue weighted by Gasteiger charge is -2.15. The van der Waals surface area contributed by atoms with Crippen LogP contribution in [0.25, 0.3) is 0 Å². The van der Waals surface area contributed by atoms with Gasteiger partial charge in [0, 0.05) is 6.42 Å². The molecule has 1 fully saturated rings. The van der Waals surface area contributed by atoms with E-state index in [4.69, 9.17) is 26.8 Å². The first-order chi connectivity index (χ1) is 7.85. The van der Waals surface area contributed by atoms with Crippen molar-refractivity contribution in [3.05, 3.63) is 22.7 Å². The molecule has 1 aliphatic rings. The number of methoxy groups -OCH3 is 2. The number of benzene rings is 1. The fourth-order valence-corrected chi connectivity index (χ4v) is 2.08. The first-order valence-electron chi connectivity index (χ1n) is 4.94. The van der Waals surface area contributed by atoms with E-state index in [1.807, 2.05) is 0 Å². The summed E-state index contributed by atoms with van der Waals surface area (Å²) in [4.78, 5) is 0. The molecule has 1 aromatic carbocycles. The van der Waals surface area contributed by atoms with E-state index in [-0.39, 0.29) is 17.0 Å². The quantitative estimate of drug-likeness (QED) is 0.911. The van der Waals surface area contributed by atoms with Crippen LogP contribution in [0, 0.1) is 0 Å². The maximum atomic E-state index is 13.2. The molecule has 0 spiro atoms. The molecule has 1 unspecified atom stereocenters. The van der Waals surface area contributed by atoms with Gasteiger partial charge >= 0.3 is 0 Å². The highest BCUT2D eigenvalue weighted by Gasteiger charge is 2.70. The maximum absolute atomic E-state index is 13.2. The molecule has 0 amide bonds. The summed E-state index contributed by atoms with van der Waals surface area (Å²) >= 11 is 5.93. The van der Waals surface area contributed by atoms with Crippen molar-refractivity contribution in [2.45, 2.75) is 17.9 Å². The van der Waals surface area contributed by atoms with Crippen molar-refractivity contribution < 1.29 is 18.3 Å². The molecule has 0 saturated heterocycles. The lowest BCUT2D eigenvalue weighted by Crippen LogP contribution is -2.27. The van der Waals surface area contributed by atoms with Crippen molar-refractivity contribution in [3.63, 3.8) is 0 Å². The van der Waals surface area contributed by atoms with E-state index in [1.165, 1.54) is 26.4 Å². The van der Waals surface area contributed by atoms with Gasteiger partial charge in [-0.1, -0.05) is 11.6 Å². The van der Waals surface area contributed by atoms with Gasteiger partial charge in [0.25, 0.3) is 5.92 Å². The number of nitrogens with two attached hydrogens (primary N) is 1. The summed E-state index contributed by atoms with van der Waals surface area (Å²) in [5, 5.41) is 0.203. The van der Waals surface area contributed by atoms with Crippen molar-refractivity contribution in [1.82, 2.24) is 0 Å². The zero-order valence-corrected chi connectivity index (χ0v) is 10.1. The molecular formula is C11H12ClF2NO2. The summed E-state index contributed by atoms with van der Waals surface area (Å²) < 4.78 is 36.4. The second-order valence-electron chi connectivity index (χ2n) is 4.05. The first kappa shape index (κ1) is 12.4. The molecule has 0 bridgehead atoms. The molecule has 3 nitrogen and oxygen atoms in total. The average Bonchev–Trinajstić information content (AvgIpc) is 2.78. The highest BCUT2D eigenvalue weighted by Crippen LogP contribution is 2.58. The van der Waals surface area contributed by atoms with Crippen LogP contribution in [0.15, 0.2) is 12.1 Å². The van der Waals surface area contributed by atoms with Crippen LogP contribution in [0.4, 0.5) is 8.78 Å². The van der Waals surface area contributed by atoms with Gasteiger partial charge in [0.1, 0.15) is 5.54 Å². The molecule has 1 aliphatic carbocycles. The number of rotatable bonds is 3. The van der Waals surface area contributed by atoms with Gasteiger partial charge in [-0.3, -0.25) is 0 Å². The van der Waals surface area contributed by atoms with Crippen molar-refractivity contribution in [2.75, 3.05) is 14.2 Å². The standard InChI is InChI=1S/C11H12ClF2NO2/c1-16-8-4-6(3-7(12)9(8)17-2)10(15)5-11(10,13)14/h3-4H,5,15H2,1-2H3. The van der Waals surface area contributed by atoms with Crippen molar-refractivity contribution in [3.8, 4) is 11.5 Å². The number of ether oxygens (including phenoxy) is 2. The number of alkyl halides is 2. The van der Waals surface area contributed by atoms with Crippen LogP contribution in [0.5, 0.6) is 11.5 Å². The summed E-state index contributed by atoms with van der Waals surface area (Å²) in [6.07, 6.45) is -0.383. The zero-order valence-electron chi connectivity index (χ0n) is 9.39. The summed E-state index contributed by atoms with van der Waals surface area (Å²) in [6, 6.07) is 2.83. The van der Waals surface area contributed by atoms with Crippen LogP contribution in [0.3, 0.4) is 0 Å². The monoisotopic (exact) mass is 263 g/mol. The molecule has 94 valence electrons. The van der Waals surface area contributed by atoms with Gasteiger partial charge in [0.2, 0.25) is 0 Å². The molecule has 17 heavy (non-hydrogen) atoms. The Hall–Kier alpha value is -1.07. The van der Waals surface area contributed by atoms with Gasteiger partial charge in [-0.05, 0) is 17.7 Å². The molecule has 1 atom stereocenters. The fourth-order valence-electron chi connectivity index (χ4n) is 1.79. The lowest BCUT2D eigenvalue weighted by atomic mass is 10.0. The molecule has 0 radical (unpaired) electrons. The second kappa shape index (κ2) is 3.71. The minimum absolute atomic E-state index is 0.203. The van der Waals surface area contributed by atoms with Crippen LogP contribution in [-0.4, -0.2) is 20.1 Å². The largest absolute Gasteiger partial charge is 0.493 e. The third-order valence-electron chi connectivity index (χ3n) is 2.98. The van der Waals surface area contributed by atoms with Crippen molar-refractivity contribution >= 4 is 11.6 Å².